The summed E-state index contributed by atoms with van der Waals surface area (Å²) in [5.74, 6) is 46.4. The van der Waals surface area contributed by atoms with E-state index in [-0.39, 0.29) is 0 Å². The molecule has 40 heavy (non-hydrogen) atoms. The maximum Gasteiger partial charge on any atom is -0.0312 e. The Morgan fingerprint density at radius 3 is 0.525 bits per heavy atom. The van der Waals surface area contributed by atoms with E-state index in [9.17, 15) is 0 Å². The van der Waals surface area contributed by atoms with Gasteiger partial charge in [0.15, 0.2) is 0 Å². The summed E-state index contributed by atoms with van der Waals surface area (Å²) in [6.45, 7) is 5.26. The molecule has 0 heterocycles. The first kappa shape index (κ1) is 18.7. The molecule has 18 saturated carbocycles. The molecule has 0 saturated heterocycles. The quantitative estimate of drug-likeness (QED) is 0.328. The zero-order chi connectivity index (χ0) is 24.2. The van der Waals surface area contributed by atoms with E-state index in [1.165, 1.54) is 201 Å². The van der Waals surface area contributed by atoms with E-state index in [0.717, 1.165) is 11.8 Å². The van der Waals surface area contributed by atoms with Gasteiger partial charge >= 0.3 is 0 Å². The molecular formula is C40H46. The molecule has 18 aliphatic carbocycles. The molecular weight excluding hydrogens is 480 g/mol. The Morgan fingerprint density at radius 1 is 0.200 bits per heavy atom. The van der Waals surface area contributed by atoms with E-state index in [1.54, 1.807) is 12.8 Å². The third-order valence-corrected chi connectivity index (χ3v) is 24.9. The predicted octanol–water partition coefficient (Wildman–Crippen LogP) is 6.23. The van der Waals surface area contributed by atoms with Crippen molar-refractivity contribution in [1.29, 1.82) is 0 Å². The lowest BCUT2D eigenvalue weighted by Crippen LogP contribution is -2.97. The largest absolute Gasteiger partial charge is 0.0620 e. The van der Waals surface area contributed by atoms with Crippen LogP contribution in [0.25, 0.3) is 0 Å². The maximum absolute atomic E-state index is 2.63. The number of rotatable bonds is 0. The second kappa shape index (κ2) is 4.65. The second-order valence-electron chi connectivity index (χ2n) is 22.1. The first-order valence-corrected chi connectivity index (χ1v) is 19.8. The molecule has 18 fully saturated rings. The SMILES string of the molecule is CC1C(C)C2C1C1C2C2C1C1C2C2C1C1C2C2C1C1C2C2C3C4C5C6C7C8C9C%10CCC%10C9C8C7C6C5C4C3C12. The van der Waals surface area contributed by atoms with Crippen LogP contribution in [0.15, 0.2) is 0 Å². The molecule has 206 valence electrons. The van der Waals surface area contributed by atoms with Crippen molar-refractivity contribution in [3.8, 4) is 0 Å². The van der Waals surface area contributed by atoms with Crippen molar-refractivity contribution in [2.24, 2.45) is 213 Å². The van der Waals surface area contributed by atoms with Gasteiger partial charge in [-0.1, -0.05) is 13.8 Å². The minimum absolute atomic E-state index is 1.09. The van der Waals surface area contributed by atoms with Crippen molar-refractivity contribution in [3.63, 3.8) is 0 Å². The summed E-state index contributed by atoms with van der Waals surface area (Å²) in [5.41, 5.74) is 0. The molecule has 0 heteroatoms. The van der Waals surface area contributed by atoms with Gasteiger partial charge in [-0.05, 0) is 226 Å². The van der Waals surface area contributed by atoms with Gasteiger partial charge in [-0.2, -0.15) is 0 Å². The van der Waals surface area contributed by atoms with Gasteiger partial charge in [0.05, 0.1) is 0 Å². The van der Waals surface area contributed by atoms with Crippen molar-refractivity contribution in [2.75, 3.05) is 0 Å². The van der Waals surface area contributed by atoms with Gasteiger partial charge in [-0.25, -0.2) is 0 Å². The molecule has 0 N–H and O–H groups in total. The highest BCUT2D eigenvalue weighted by Gasteiger charge is 2.98. The van der Waals surface area contributed by atoms with Crippen LogP contribution in [0.4, 0.5) is 0 Å². The standard InChI is InChI=1S/C40H46/c1-5-6(2)10-9(5)13-14(10)18-17(13)21-22(18)26-25(21)29-30(26)34-33(29)37-38(34)40-36-32-28-24-20-16-12-8-4-3-7(8)11(12)15(16)19(20)23(24)27(28)31(32)35(36)39(37)40/h5-40H,3-4H2,1-2H3. The monoisotopic (exact) mass is 526 g/mol. The summed E-state index contributed by atoms with van der Waals surface area (Å²) in [5, 5.41) is 0. The Labute approximate surface area is 239 Å². The highest BCUT2D eigenvalue weighted by molar-refractivity contribution is 5.44. The topological polar surface area (TPSA) is 0 Å². The molecule has 18 rings (SSSR count). The predicted molar refractivity (Wildman–Crippen MR) is 146 cm³/mol. The number of hydrogen-bond acceptors (Lipinski definition) is 0. The molecule has 0 nitrogen and oxygen atoms in total. The first-order valence-electron chi connectivity index (χ1n) is 19.8. The highest BCUT2D eigenvalue weighted by atomic mass is 15.0. The third kappa shape index (κ3) is 1.15. The Kier molecular flexibility index (Phi) is 2.18. The van der Waals surface area contributed by atoms with Crippen molar-refractivity contribution in [1.82, 2.24) is 0 Å². The summed E-state index contributed by atoms with van der Waals surface area (Å²) in [6, 6.07) is 0. The van der Waals surface area contributed by atoms with Crippen LogP contribution in [0.5, 0.6) is 0 Å². The maximum atomic E-state index is 2.63. The van der Waals surface area contributed by atoms with Crippen molar-refractivity contribution in [3.05, 3.63) is 0 Å². The van der Waals surface area contributed by atoms with Crippen LogP contribution in [0.3, 0.4) is 0 Å². The third-order valence-electron chi connectivity index (χ3n) is 24.9. The minimum Gasteiger partial charge on any atom is -0.0620 e. The van der Waals surface area contributed by atoms with Crippen LogP contribution in [0, 0.1) is 213 Å². The lowest BCUT2D eigenvalue weighted by atomic mass is 9.04. The second-order valence-corrected chi connectivity index (χ2v) is 22.1. The normalized spacial score (nSPS) is 98.5. The molecule has 0 aromatic carbocycles. The van der Waals surface area contributed by atoms with E-state index in [0.29, 0.717) is 0 Å². The zero-order valence-corrected chi connectivity index (χ0v) is 24.2. The van der Waals surface area contributed by atoms with Gasteiger partial charge in [0.25, 0.3) is 0 Å². The summed E-state index contributed by atoms with van der Waals surface area (Å²) in [4.78, 5) is 0. The summed E-state index contributed by atoms with van der Waals surface area (Å²) in [6.07, 6.45) is 3.31. The van der Waals surface area contributed by atoms with E-state index in [4.69, 9.17) is 0 Å². The summed E-state index contributed by atoms with van der Waals surface area (Å²) in [7, 11) is 0. The summed E-state index contributed by atoms with van der Waals surface area (Å²) >= 11 is 0. The number of hydrogen-bond donors (Lipinski definition) is 0. The molecule has 0 spiro atoms. The fourth-order valence-corrected chi connectivity index (χ4v) is 24.9. The molecule has 18 aliphatic rings. The molecule has 0 aromatic heterocycles. The van der Waals surface area contributed by atoms with Crippen LogP contribution in [-0.4, -0.2) is 0 Å². The van der Waals surface area contributed by atoms with Crippen LogP contribution in [0.1, 0.15) is 26.7 Å². The van der Waals surface area contributed by atoms with Gasteiger partial charge in [0, 0.05) is 0 Å². The van der Waals surface area contributed by atoms with Crippen LogP contribution < -0.4 is 0 Å². The van der Waals surface area contributed by atoms with Crippen molar-refractivity contribution < 1.29 is 0 Å². The molecule has 0 aliphatic heterocycles. The molecule has 0 radical (unpaired) electrons. The lowest BCUT2D eigenvalue weighted by molar-refractivity contribution is -0.541. The first-order chi connectivity index (χ1) is 19.8. The highest BCUT2D eigenvalue weighted by Crippen LogP contribution is 3.01. The molecule has 36 unspecified atom stereocenters. The fraction of sp³-hybridized carbons (Fsp3) is 1.00. The van der Waals surface area contributed by atoms with Gasteiger partial charge in [-0.3, -0.25) is 0 Å². The number of fused-ring (bicyclic) bond motifs is 49. The van der Waals surface area contributed by atoms with Crippen LogP contribution in [0.2, 0.25) is 0 Å². The molecule has 0 bridgehead atoms. The Morgan fingerprint density at radius 2 is 0.350 bits per heavy atom. The van der Waals surface area contributed by atoms with Crippen LogP contribution in [-0.2, 0) is 0 Å². The van der Waals surface area contributed by atoms with E-state index in [2.05, 4.69) is 13.8 Å². The zero-order valence-electron chi connectivity index (χ0n) is 24.2. The Hall–Kier alpha value is 0. The fourth-order valence-electron chi connectivity index (χ4n) is 24.9. The van der Waals surface area contributed by atoms with Gasteiger partial charge in [0.1, 0.15) is 0 Å². The van der Waals surface area contributed by atoms with Crippen molar-refractivity contribution >= 4 is 0 Å². The average Bonchev–Trinajstić information content (AvgIpc) is 2.87. The smallest absolute Gasteiger partial charge is 0.0312 e. The Bertz CT molecular complexity index is 1270. The summed E-state index contributed by atoms with van der Waals surface area (Å²) < 4.78 is 0. The lowest BCUT2D eigenvalue weighted by Gasteiger charge is -3.01. The van der Waals surface area contributed by atoms with Crippen LogP contribution >= 0.6 is 0 Å². The van der Waals surface area contributed by atoms with E-state index >= 15 is 0 Å². The van der Waals surface area contributed by atoms with E-state index in [1.807, 2.05) is 0 Å². The van der Waals surface area contributed by atoms with E-state index < -0.39 is 0 Å². The minimum atomic E-state index is 1.09. The average molecular weight is 527 g/mol. The van der Waals surface area contributed by atoms with Gasteiger partial charge in [-0.15, -0.1) is 0 Å². The Balaban J connectivity index is 0.632. The van der Waals surface area contributed by atoms with Crippen molar-refractivity contribution in [2.45, 2.75) is 26.7 Å². The molecule has 0 amide bonds. The van der Waals surface area contributed by atoms with Gasteiger partial charge < -0.3 is 0 Å². The molecule has 0 aromatic rings. The molecule has 36 atom stereocenters. The van der Waals surface area contributed by atoms with Gasteiger partial charge in [0.2, 0.25) is 0 Å².